The molecule has 0 aromatic carbocycles. The molecule has 2 saturated heterocycles. The first-order valence-electron chi connectivity index (χ1n) is 12.4. The molecule has 0 atom stereocenters. The molecule has 2 amide bonds. The van der Waals surface area contributed by atoms with Gasteiger partial charge in [0, 0.05) is 52.1 Å². The third kappa shape index (κ3) is 5.97. The van der Waals surface area contributed by atoms with Crippen molar-refractivity contribution in [3.05, 3.63) is 44.7 Å². The van der Waals surface area contributed by atoms with Gasteiger partial charge in [-0.25, -0.2) is 9.78 Å². The number of carbonyl (C=O) groups is 2. The highest BCUT2D eigenvalue weighted by Gasteiger charge is 2.33. The van der Waals surface area contributed by atoms with E-state index in [2.05, 4.69) is 0 Å². The molecule has 0 bridgehead atoms. The van der Waals surface area contributed by atoms with Crippen LogP contribution in [-0.4, -0.2) is 88.0 Å². The topological polar surface area (TPSA) is 96.7 Å². The van der Waals surface area contributed by atoms with Gasteiger partial charge in [0.2, 0.25) is 0 Å². The van der Waals surface area contributed by atoms with Crippen LogP contribution in [0.4, 0.5) is 10.6 Å². The normalized spacial score (nSPS) is 17.4. The van der Waals surface area contributed by atoms with Gasteiger partial charge in [-0.15, -0.1) is 0 Å². The van der Waals surface area contributed by atoms with Crippen molar-refractivity contribution < 1.29 is 19.1 Å². The lowest BCUT2D eigenvalue weighted by Crippen LogP contribution is -2.49. The second-order valence-corrected chi connectivity index (χ2v) is 10.3. The zero-order valence-corrected chi connectivity index (χ0v) is 22.9. The highest BCUT2D eigenvalue weighted by Crippen LogP contribution is 2.33. The molecule has 2 aliphatic rings. The van der Waals surface area contributed by atoms with Crippen molar-refractivity contribution in [2.45, 2.75) is 27.2 Å². The lowest BCUT2D eigenvalue weighted by atomic mass is 10.2. The van der Waals surface area contributed by atoms with Gasteiger partial charge in [0.05, 0.1) is 17.1 Å². The molecule has 0 saturated carbocycles. The van der Waals surface area contributed by atoms with Crippen LogP contribution in [0.2, 0.25) is 0 Å². The minimum atomic E-state index is -0.350. The Balaban J connectivity index is 1.67. The first-order valence-corrected chi connectivity index (χ1v) is 13.6. The fourth-order valence-electron chi connectivity index (χ4n) is 4.22. The first kappa shape index (κ1) is 27.1. The van der Waals surface area contributed by atoms with Crippen molar-refractivity contribution in [3.8, 4) is 0 Å². The summed E-state index contributed by atoms with van der Waals surface area (Å²) >= 11 is 6.65. The lowest BCUT2D eigenvalue weighted by molar-refractivity contribution is -0.122. The van der Waals surface area contributed by atoms with Crippen LogP contribution < -0.4 is 10.5 Å². The fraction of sp³-hybridized carbons (Fsp3) is 0.480. The van der Waals surface area contributed by atoms with Crippen LogP contribution in [0.3, 0.4) is 0 Å². The second kappa shape index (κ2) is 12.1. The summed E-state index contributed by atoms with van der Waals surface area (Å²) in [7, 11) is 0. The molecule has 198 valence electrons. The van der Waals surface area contributed by atoms with Crippen LogP contribution in [0.15, 0.2) is 28.0 Å². The number of carbonyl (C=O) groups excluding carboxylic acids is 2. The molecule has 2 fully saturated rings. The minimum absolute atomic E-state index is 0.224. The van der Waals surface area contributed by atoms with E-state index in [9.17, 15) is 14.4 Å². The van der Waals surface area contributed by atoms with E-state index >= 15 is 0 Å². The van der Waals surface area contributed by atoms with Crippen molar-refractivity contribution in [1.29, 1.82) is 0 Å². The predicted molar refractivity (Wildman–Crippen MR) is 148 cm³/mol. The molecular formula is C25H31N5O5S2. The minimum Gasteiger partial charge on any atom is -0.450 e. The molecular weight excluding hydrogens is 514 g/mol. The van der Waals surface area contributed by atoms with Gasteiger partial charge in [0.1, 0.15) is 15.8 Å². The summed E-state index contributed by atoms with van der Waals surface area (Å²) in [4.78, 5) is 49.4. The average molecular weight is 546 g/mol. The molecule has 4 rings (SSSR count). The molecule has 10 nitrogen and oxygen atoms in total. The average Bonchev–Trinajstić information content (AvgIpc) is 3.16. The third-order valence-corrected chi connectivity index (χ3v) is 7.49. The Morgan fingerprint density at radius 1 is 1.16 bits per heavy atom. The number of pyridine rings is 1. The standard InChI is InChI=1S/C25H31N5O5S2/c1-4-34-14-6-9-29-23(32)19(37-25(29)36)15-18-21(26-20-8-7-17(3)16-30(20)22(18)31)27-10-12-28(13-11-27)24(33)35-5-2/h7-8,15-16H,4-6,9-14H2,1-3H3. The quantitative estimate of drug-likeness (QED) is 0.282. The Labute approximate surface area is 225 Å². The van der Waals surface area contributed by atoms with E-state index in [1.807, 2.05) is 24.8 Å². The van der Waals surface area contributed by atoms with E-state index in [0.717, 1.165) is 5.56 Å². The Bertz CT molecular complexity index is 1290. The number of hydrogen-bond donors (Lipinski definition) is 0. The number of thioether (sulfide) groups is 1. The summed E-state index contributed by atoms with van der Waals surface area (Å²) in [5.74, 6) is 0.261. The molecule has 4 heterocycles. The van der Waals surface area contributed by atoms with Gasteiger partial charge in [-0.3, -0.25) is 18.9 Å². The van der Waals surface area contributed by atoms with Crippen LogP contribution in [0.1, 0.15) is 31.4 Å². The van der Waals surface area contributed by atoms with Crippen LogP contribution in [-0.2, 0) is 14.3 Å². The number of amides is 2. The summed E-state index contributed by atoms with van der Waals surface area (Å²) in [6.45, 7) is 9.38. The van der Waals surface area contributed by atoms with Crippen molar-refractivity contribution in [2.75, 3.05) is 57.4 Å². The highest BCUT2D eigenvalue weighted by molar-refractivity contribution is 8.26. The summed E-state index contributed by atoms with van der Waals surface area (Å²) in [5.41, 5.74) is 1.48. The SMILES string of the molecule is CCOCCCN1C(=O)C(=Cc2c(N3CCN(C(=O)OCC)CC3)nc3ccc(C)cn3c2=O)SC1=S. The third-order valence-electron chi connectivity index (χ3n) is 6.11. The number of fused-ring (bicyclic) bond motifs is 1. The predicted octanol–water partition coefficient (Wildman–Crippen LogP) is 2.91. The number of thiocarbonyl (C=S) groups is 1. The molecule has 37 heavy (non-hydrogen) atoms. The number of rotatable bonds is 8. The van der Waals surface area contributed by atoms with Crippen molar-refractivity contribution >= 4 is 57.8 Å². The van der Waals surface area contributed by atoms with Gasteiger partial charge in [-0.1, -0.05) is 30.0 Å². The van der Waals surface area contributed by atoms with E-state index in [-0.39, 0.29) is 17.6 Å². The largest absolute Gasteiger partial charge is 0.450 e. The Morgan fingerprint density at radius 2 is 1.92 bits per heavy atom. The highest BCUT2D eigenvalue weighted by atomic mass is 32.2. The van der Waals surface area contributed by atoms with E-state index in [0.29, 0.717) is 85.2 Å². The number of hydrogen-bond acceptors (Lipinski definition) is 9. The van der Waals surface area contributed by atoms with Crippen LogP contribution in [0, 0.1) is 6.92 Å². The second-order valence-electron chi connectivity index (χ2n) is 8.65. The summed E-state index contributed by atoms with van der Waals surface area (Å²) in [5, 5.41) is 0. The maximum Gasteiger partial charge on any atom is 0.409 e. The van der Waals surface area contributed by atoms with Crippen LogP contribution >= 0.6 is 24.0 Å². The molecule has 0 spiro atoms. The van der Waals surface area contributed by atoms with Gasteiger partial charge < -0.3 is 19.3 Å². The molecule has 2 aromatic rings. The maximum absolute atomic E-state index is 13.7. The zero-order valence-electron chi connectivity index (χ0n) is 21.3. The number of aryl methyl sites for hydroxylation is 1. The monoisotopic (exact) mass is 545 g/mol. The molecule has 12 heteroatoms. The van der Waals surface area contributed by atoms with E-state index in [4.69, 9.17) is 26.7 Å². The lowest BCUT2D eigenvalue weighted by Gasteiger charge is -2.35. The summed E-state index contributed by atoms with van der Waals surface area (Å²) in [6.07, 6.45) is 3.67. The molecule has 0 aliphatic carbocycles. The van der Waals surface area contributed by atoms with Crippen molar-refractivity contribution in [3.63, 3.8) is 0 Å². The van der Waals surface area contributed by atoms with Crippen molar-refractivity contribution in [2.24, 2.45) is 0 Å². The Hall–Kier alpha value is -2.96. The van der Waals surface area contributed by atoms with Gasteiger partial charge in [0.15, 0.2) is 0 Å². The molecule has 0 N–H and O–H groups in total. The smallest absolute Gasteiger partial charge is 0.409 e. The number of anilines is 1. The van der Waals surface area contributed by atoms with Gasteiger partial charge in [-0.05, 0) is 44.9 Å². The first-order chi connectivity index (χ1) is 17.8. The maximum atomic E-state index is 13.7. The van der Waals surface area contributed by atoms with Crippen LogP contribution in [0.5, 0.6) is 0 Å². The van der Waals surface area contributed by atoms with Gasteiger partial charge >= 0.3 is 6.09 Å². The number of piperazine rings is 1. The zero-order chi connectivity index (χ0) is 26.5. The molecule has 2 aromatic heterocycles. The van der Waals surface area contributed by atoms with Crippen LogP contribution in [0.25, 0.3) is 11.7 Å². The van der Waals surface area contributed by atoms with E-state index in [1.54, 1.807) is 35.1 Å². The fourth-order valence-corrected chi connectivity index (χ4v) is 5.51. The molecule has 2 aliphatic heterocycles. The van der Waals surface area contributed by atoms with Gasteiger partial charge in [0.25, 0.3) is 11.5 Å². The Kier molecular flexibility index (Phi) is 8.83. The molecule has 0 radical (unpaired) electrons. The van der Waals surface area contributed by atoms with E-state index in [1.165, 1.54) is 16.2 Å². The summed E-state index contributed by atoms with van der Waals surface area (Å²) < 4.78 is 12.5. The summed E-state index contributed by atoms with van der Waals surface area (Å²) in [6, 6.07) is 3.70. The van der Waals surface area contributed by atoms with Crippen molar-refractivity contribution in [1.82, 2.24) is 19.2 Å². The van der Waals surface area contributed by atoms with E-state index < -0.39 is 0 Å². The number of nitrogens with zero attached hydrogens (tertiary/aromatic N) is 5. The number of ether oxygens (including phenoxy) is 2. The molecule has 0 unspecified atom stereocenters. The Morgan fingerprint density at radius 3 is 2.62 bits per heavy atom. The number of aromatic nitrogens is 2. The van der Waals surface area contributed by atoms with Gasteiger partial charge in [-0.2, -0.15) is 0 Å².